The van der Waals surface area contributed by atoms with Gasteiger partial charge in [-0.1, -0.05) is 13.3 Å². The minimum Gasteiger partial charge on any atom is -0.493 e. The molecule has 2 atom stereocenters. The molecule has 2 unspecified atom stereocenters. The normalized spacial score (nSPS) is 18.3. The average Bonchev–Trinajstić information content (AvgIpc) is 2.76. The molecule has 0 spiro atoms. The standard InChI is InChI=1S/C22H33N3O6/c1-5-6-9-24-21(27)15-8-7-14(2)25(12-15)22(28)16-10-17(29-3)20(18(11-16)30-4)31-13-19(23)26/h10-11,14-15H,5-9,12-13H2,1-4H3,(H2,23,26)(H,24,27). The van der Waals surface area contributed by atoms with Crippen molar-refractivity contribution in [1.82, 2.24) is 10.2 Å². The Morgan fingerprint density at radius 1 is 1.16 bits per heavy atom. The lowest BCUT2D eigenvalue weighted by Gasteiger charge is -2.37. The molecule has 0 saturated carbocycles. The van der Waals surface area contributed by atoms with E-state index in [1.54, 1.807) is 17.0 Å². The van der Waals surface area contributed by atoms with Crippen LogP contribution in [-0.4, -0.2) is 62.6 Å². The third kappa shape index (κ3) is 6.26. The molecule has 1 aromatic rings. The van der Waals surface area contributed by atoms with Crippen LogP contribution in [0.25, 0.3) is 0 Å². The summed E-state index contributed by atoms with van der Waals surface area (Å²) in [4.78, 5) is 38.6. The molecule has 0 aromatic heterocycles. The van der Waals surface area contributed by atoms with E-state index in [4.69, 9.17) is 19.9 Å². The number of nitrogens with two attached hydrogens (primary N) is 1. The molecule has 2 rings (SSSR count). The second-order valence-electron chi connectivity index (χ2n) is 7.69. The summed E-state index contributed by atoms with van der Waals surface area (Å²) in [5, 5.41) is 2.96. The van der Waals surface area contributed by atoms with Crippen molar-refractivity contribution in [2.75, 3.05) is 33.9 Å². The number of likely N-dealkylation sites (tertiary alicyclic amines) is 1. The van der Waals surface area contributed by atoms with E-state index >= 15 is 0 Å². The molecule has 9 heteroatoms. The summed E-state index contributed by atoms with van der Waals surface area (Å²) in [5.74, 6) is -0.418. The van der Waals surface area contributed by atoms with Crippen molar-refractivity contribution in [2.45, 2.75) is 45.6 Å². The van der Waals surface area contributed by atoms with Crippen LogP contribution in [0.15, 0.2) is 12.1 Å². The Morgan fingerprint density at radius 3 is 2.35 bits per heavy atom. The molecule has 1 aromatic carbocycles. The number of nitrogens with zero attached hydrogens (tertiary/aromatic N) is 1. The molecule has 3 N–H and O–H groups in total. The Kier molecular flexibility index (Phi) is 8.96. The van der Waals surface area contributed by atoms with Gasteiger partial charge < -0.3 is 30.2 Å². The predicted octanol–water partition coefficient (Wildman–Crippen LogP) is 1.72. The third-order valence-electron chi connectivity index (χ3n) is 5.41. The Hall–Kier alpha value is -2.97. The maximum Gasteiger partial charge on any atom is 0.255 e. The van der Waals surface area contributed by atoms with E-state index in [1.807, 2.05) is 6.92 Å². The molecular weight excluding hydrogens is 402 g/mol. The number of hydrogen-bond acceptors (Lipinski definition) is 6. The smallest absolute Gasteiger partial charge is 0.255 e. The quantitative estimate of drug-likeness (QED) is 0.540. The molecule has 1 heterocycles. The monoisotopic (exact) mass is 435 g/mol. The largest absolute Gasteiger partial charge is 0.493 e. The molecule has 3 amide bonds. The van der Waals surface area contributed by atoms with E-state index in [0.717, 1.165) is 25.7 Å². The zero-order valence-electron chi connectivity index (χ0n) is 18.7. The first-order chi connectivity index (χ1) is 14.8. The third-order valence-corrected chi connectivity index (χ3v) is 5.41. The summed E-state index contributed by atoms with van der Waals surface area (Å²) in [5.41, 5.74) is 5.50. The van der Waals surface area contributed by atoms with E-state index in [9.17, 15) is 14.4 Å². The summed E-state index contributed by atoms with van der Waals surface area (Å²) in [6.45, 7) is 4.69. The minimum atomic E-state index is -0.644. The van der Waals surface area contributed by atoms with Crippen molar-refractivity contribution >= 4 is 17.7 Å². The maximum absolute atomic E-state index is 13.3. The van der Waals surface area contributed by atoms with Crippen LogP contribution >= 0.6 is 0 Å². The number of carbonyl (C=O) groups excluding carboxylic acids is 3. The number of benzene rings is 1. The first-order valence-electron chi connectivity index (χ1n) is 10.6. The summed E-state index contributed by atoms with van der Waals surface area (Å²) in [6.07, 6.45) is 3.43. The van der Waals surface area contributed by atoms with Gasteiger partial charge >= 0.3 is 0 Å². The van der Waals surface area contributed by atoms with Gasteiger partial charge in [-0.3, -0.25) is 14.4 Å². The van der Waals surface area contributed by atoms with Gasteiger partial charge in [-0.15, -0.1) is 0 Å². The van der Waals surface area contributed by atoms with Gasteiger partial charge in [-0.2, -0.15) is 0 Å². The van der Waals surface area contributed by atoms with Crippen LogP contribution < -0.4 is 25.3 Å². The van der Waals surface area contributed by atoms with Crippen molar-refractivity contribution in [3.05, 3.63) is 17.7 Å². The Balaban J connectivity index is 2.23. The number of carbonyl (C=O) groups is 3. The van der Waals surface area contributed by atoms with Crippen LogP contribution in [0.5, 0.6) is 17.2 Å². The van der Waals surface area contributed by atoms with Crippen LogP contribution in [-0.2, 0) is 9.59 Å². The number of nitrogens with one attached hydrogen (secondary N) is 1. The molecule has 31 heavy (non-hydrogen) atoms. The highest BCUT2D eigenvalue weighted by Gasteiger charge is 2.33. The zero-order valence-corrected chi connectivity index (χ0v) is 18.7. The zero-order chi connectivity index (χ0) is 23.0. The number of rotatable bonds is 10. The second-order valence-corrected chi connectivity index (χ2v) is 7.69. The van der Waals surface area contributed by atoms with Gasteiger partial charge in [0.1, 0.15) is 0 Å². The Labute approximate surface area is 183 Å². The second kappa shape index (κ2) is 11.4. The Bertz CT molecular complexity index is 772. The molecule has 9 nitrogen and oxygen atoms in total. The number of methoxy groups -OCH3 is 2. The van der Waals surface area contributed by atoms with E-state index in [2.05, 4.69) is 12.2 Å². The highest BCUT2D eigenvalue weighted by atomic mass is 16.5. The van der Waals surface area contributed by atoms with Crippen LogP contribution in [0.3, 0.4) is 0 Å². The lowest BCUT2D eigenvalue weighted by molar-refractivity contribution is -0.126. The summed E-state index contributed by atoms with van der Waals surface area (Å²) in [6, 6.07) is 3.08. The van der Waals surface area contributed by atoms with Crippen LogP contribution in [0.2, 0.25) is 0 Å². The molecule has 1 fully saturated rings. The summed E-state index contributed by atoms with van der Waals surface area (Å²) >= 11 is 0. The molecule has 1 saturated heterocycles. The Morgan fingerprint density at radius 2 is 1.81 bits per heavy atom. The first-order valence-corrected chi connectivity index (χ1v) is 10.6. The highest BCUT2D eigenvalue weighted by molar-refractivity contribution is 5.96. The lowest BCUT2D eigenvalue weighted by Crippen LogP contribution is -2.49. The van der Waals surface area contributed by atoms with Crippen LogP contribution in [0.4, 0.5) is 0 Å². The number of primary amides is 1. The number of piperidine rings is 1. The topological polar surface area (TPSA) is 120 Å². The van der Waals surface area contributed by atoms with Gasteiger partial charge in [0.2, 0.25) is 11.7 Å². The molecule has 1 aliphatic rings. The number of ether oxygens (including phenoxy) is 3. The molecule has 0 bridgehead atoms. The highest BCUT2D eigenvalue weighted by Crippen LogP contribution is 2.39. The van der Waals surface area contributed by atoms with Gasteiger partial charge in [-0.05, 0) is 38.3 Å². The predicted molar refractivity (Wildman–Crippen MR) is 115 cm³/mol. The van der Waals surface area contributed by atoms with Gasteiger partial charge in [-0.25, -0.2) is 0 Å². The summed E-state index contributed by atoms with van der Waals surface area (Å²) < 4.78 is 16.1. The first kappa shape index (κ1) is 24.3. The SMILES string of the molecule is CCCCNC(=O)C1CCC(C)N(C(=O)c2cc(OC)c(OCC(N)=O)c(OC)c2)C1. The number of unbranched alkanes of at least 4 members (excludes halogenated alkanes) is 1. The fraction of sp³-hybridized carbons (Fsp3) is 0.591. The van der Waals surface area contributed by atoms with Gasteiger partial charge in [0.15, 0.2) is 18.1 Å². The fourth-order valence-electron chi connectivity index (χ4n) is 3.59. The van der Waals surface area contributed by atoms with Crippen LogP contribution in [0, 0.1) is 5.92 Å². The van der Waals surface area contributed by atoms with Gasteiger partial charge in [0.25, 0.3) is 11.8 Å². The van der Waals surface area contributed by atoms with E-state index < -0.39 is 5.91 Å². The number of hydrogen-bond donors (Lipinski definition) is 2. The minimum absolute atomic E-state index is 0.00466. The van der Waals surface area contributed by atoms with E-state index in [1.165, 1.54) is 14.2 Å². The van der Waals surface area contributed by atoms with Crippen LogP contribution in [0.1, 0.15) is 49.9 Å². The van der Waals surface area contributed by atoms with Gasteiger partial charge in [0.05, 0.1) is 20.1 Å². The number of amides is 3. The van der Waals surface area contributed by atoms with Crippen molar-refractivity contribution in [3.8, 4) is 17.2 Å². The van der Waals surface area contributed by atoms with Gasteiger partial charge in [0, 0.05) is 24.7 Å². The van der Waals surface area contributed by atoms with Crippen molar-refractivity contribution < 1.29 is 28.6 Å². The molecule has 1 aliphatic heterocycles. The van der Waals surface area contributed by atoms with Crippen molar-refractivity contribution in [3.63, 3.8) is 0 Å². The lowest BCUT2D eigenvalue weighted by atomic mass is 9.92. The molecule has 0 aliphatic carbocycles. The summed E-state index contributed by atoms with van der Waals surface area (Å²) in [7, 11) is 2.86. The van der Waals surface area contributed by atoms with E-state index in [-0.39, 0.29) is 47.6 Å². The van der Waals surface area contributed by atoms with E-state index in [0.29, 0.717) is 18.7 Å². The fourth-order valence-corrected chi connectivity index (χ4v) is 3.59. The molecule has 0 radical (unpaired) electrons. The molecule has 172 valence electrons. The average molecular weight is 436 g/mol. The van der Waals surface area contributed by atoms with Crippen molar-refractivity contribution in [1.29, 1.82) is 0 Å². The molecular formula is C22H33N3O6. The van der Waals surface area contributed by atoms with Crippen molar-refractivity contribution in [2.24, 2.45) is 11.7 Å². The maximum atomic E-state index is 13.3.